The van der Waals surface area contributed by atoms with Crippen molar-refractivity contribution in [3.05, 3.63) is 0 Å². The number of hydrogen-bond acceptors (Lipinski definition) is 1. The van der Waals surface area contributed by atoms with Crippen LogP contribution >= 0.6 is 0 Å². The van der Waals surface area contributed by atoms with Gasteiger partial charge in [-0.1, -0.05) is 0 Å². The molecule has 0 unspecified atom stereocenters. The van der Waals surface area contributed by atoms with Crippen molar-refractivity contribution in [2.24, 2.45) is 23.7 Å². The molecule has 0 aromatic carbocycles. The molecule has 2 aliphatic rings. The fraction of sp³-hybridized carbons (Fsp3) is 0.929. The zero-order chi connectivity index (χ0) is 11.7. The van der Waals surface area contributed by atoms with Crippen LogP contribution in [0.1, 0.15) is 40.5 Å². The molecule has 0 spiro atoms. The van der Waals surface area contributed by atoms with Gasteiger partial charge in [-0.3, -0.25) is 0 Å². The molecule has 0 aliphatic carbocycles. The molecule has 0 saturated carbocycles. The van der Waals surface area contributed by atoms with E-state index in [1.807, 2.05) is 0 Å². The summed E-state index contributed by atoms with van der Waals surface area (Å²) in [4.78, 5) is 2.87. The van der Waals surface area contributed by atoms with Crippen molar-refractivity contribution in [2.75, 3.05) is 13.1 Å². The van der Waals surface area contributed by atoms with Gasteiger partial charge in [0.25, 0.3) is 0 Å². The third-order valence-electron chi connectivity index (χ3n) is 5.06. The van der Waals surface area contributed by atoms with Crippen LogP contribution in [-0.4, -0.2) is 48.9 Å². The first kappa shape index (κ1) is 13.2. The van der Waals surface area contributed by atoms with Crippen LogP contribution in [0, 0.1) is 23.7 Å². The van der Waals surface area contributed by atoms with Crippen molar-refractivity contribution < 1.29 is 0 Å². The van der Waals surface area contributed by atoms with Crippen LogP contribution in [0.15, 0.2) is 0 Å². The van der Waals surface area contributed by atoms with Gasteiger partial charge < -0.3 is 0 Å². The molecular formula is C14H26NTl. The van der Waals surface area contributed by atoms with Crippen molar-refractivity contribution in [1.82, 2.24) is 4.90 Å². The molecule has 16 heavy (non-hydrogen) atoms. The van der Waals surface area contributed by atoms with Crippen LogP contribution in [0.25, 0.3) is 0 Å². The van der Waals surface area contributed by atoms with Gasteiger partial charge in [-0.15, -0.1) is 0 Å². The average Bonchev–Trinajstić information content (AvgIpc) is 2.26. The van der Waals surface area contributed by atoms with E-state index >= 15 is 0 Å². The molecule has 0 bridgehead atoms. The average molecular weight is 413 g/mol. The summed E-state index contributed by atoms with van der Waals surface area (Å²) in [5, 5.41) is 0. The SMILES string of the molecule is C[C@@H]1[C@H](C)C[CH]=[Tl][C@@H]1N1CC[C@@H](C)[C@@H](C)C1. The summed E-state index contributed by atoms with van der Waals surface area (Å²) in [6, 6.07) is 0. The van der Waals surface area contributed by atoms with Gasteiger partial charge in [0.05, 0.1) is 0 Å². The Morgan fingerprint density at radius 3 is 2.50 bits per heavy atom. The quantitative estimate of drug-likeness (QED) is 0.598. The van der Waals surface area contributed by atoms with Crippen molar-refractivity contribution in [3.63, 3.8) is 0 Å². The van der Waals surface area contributed by atoms with Gasteiger partial charge >= 0.3 is 113 Å². The van der Waals surface area contributed by atoms with Gasteiger partial charge in [0.1, 0.15) is 0 Å². The zero-order valence-corrected chi connectivity index (χ0v) is 15.8. The van der Waals surface area contributed by atoms with Gasteiger partial charge in [0.15, 0.2) is 0 Å². The fourth-order valence-corrected chi connectivity index (χ4v) is 11.4. The van der Waals surface area contributed by atoms with E-state index < -0.39 is 23.7 Å². The molecule has 0 amide bonds. The van der Waals surface area contributed by atoms with E-state index in [0.29, 0.717) is 0 Å². The van der Waals surface area contributed by atoms with E-state index in [0.717, 1.165) is 27.3 Å². The van der Waals surface area contributed by atoms with Gasteiger partial charge in [0, 0.05) is 0 Å². The first-order valence-electron chi connectivity index (χ1n) is 7.00. The second kappa shape index (κ2) is 5.60. The maximum atomic E-state index is 2.87. The number of nitrogens with zero attached hydrogens (tertiary/aromatic N) is 1. The van der Waals surface area contributed by atoms with Gasteiger partial charge in [0.2, 0.25) is 0 Å². The monoisotopic (exact) mass is 413 g/mol. The van der Waals surface area contributed by atoms with Crippen molar-refractivity contribution in [1.29, 1.82) is 0 Å². The summed E-state index contributed by atoms with van der Waals surface area (Å²) in [5.74, 6) is 3.78. The first-order chi connectivity index (χ1) is 7.59. The Morgan fingerprint density at radius 1 is 1.06 bits per heavy atom. The van der Waals surface area contributed by atoms with Crippen LogP contribution in [0.2, 0.25) is 0 Å². The molecular weight excluding hydrogens is 387 g/mol. The maximum absolute atomic E-state index is 2.87. The van der Waals surface area contributed by atoms with Crippen LogP contribution in [-0.2, 0) is 0 Å². The van der Waals surface area contributed by atoms with E-state index in [1.54, 1.807) is 0 Å². The molecule has 1 fully saturated rings. The van der Waals surface area contributed by atoms with Gasteiger partial charge in [-0.05, 0) is 0 Å². The Bertz CT molecular complexity index is 263. The number of piperidine rings is 1. The summed E-state index contributed by atoms with van der Waals surface area (Å²) in [6.45, 7) is 12.6. The van der Waals surface area contributed by atoms with Crippen LogP contribution in [0.4, 0.5) is 0 Å². The fourth-order valence-electron chi connectivity index (χ4n) is 3.18. The molecule has 0 aromatic heterocycles. The molecule has 0 aromatic rings. The van der Waals surface area contributed by atoms with E-state index in [4.69, 9.17) is 0 Å². The molecule has 5 atom stereocenters. The van der Waals surface area contributed by atoms with Crippen molar-refractivity contribution in [2.45, 2.75) is 44.1 Å². The van der Waals surface area contributed by atoms with E-state index in [9.17, 15) is 0 Å². The Balaban J connectivity index is 2.02. The number of rotatable bonds is 1. The molecule has 90 valence electrons. The van der Waals surface area contributed by atoms with Crippen molar-refractivity contribution >= 4 is 27.3 Å². The minimum atomic E-state index is -0.573. The Kier molecular flexibility index (Phi) is 4.61. The second-order valence-corrected chi connectivity index (χ2v) is 12.2. The Morgan fingerprint density at radius 2 is 1.81 bits per heavy atom. The number of likely N-dealkylation sites (tertiary alicyclic amines) is 1. The Hall–Kier alpha value is 0.752. The van der Waals surface area contributed by atoms with Crippen LogP contribution in [0.5, 0.6) is 0 Å². The number of hydrogen-bond donors (Lipinski definition) is 0. The summed E-state index contributed by atoms with van der Waals surface area (Å²) in [6.07, 6.45) is 2.86. The summed E-state index contributed by atoms with van der Waals surface area (Å²) in [7, 11) is 0. The molecule has 2 heterocycles. The van der Waals surface area contributed by atoms with E-state index in [1.165, 1.54) is 25.9 Å². The van der Waals surface area contributed by atoms with Crippen LogP contribution < -0.4 is 0 Å². The van der Waals surface area contributed by atoms with Gasteiger partial charge in [-0.2, -0.15) is 0 Å². The first-order valence-corrected chi connectivity index (χ1v) is 12.2. The second-order valence-electron chi connectivity index (χ2n) is 6.23. The summed E-state index contributed by atoms with van der Waals surface area (Å²) >= 11 is -0.573. The predicted octanol–water partition coefficient (Wildman–Crippen LogP) is 2.47. The van der Waals surface area contributed by atoms with E-state index in [-0.39, 0.29) is 0 Å². The third kappa shape index (κ3) is 2.77. The van der Waals surface area contributed by atoms with Crippen molar-refractivity contribution in [3.8, 4) is 0 Å². The summed E-state index contributed by atoms with van der Waals surface area (Å²) < 4.78 is 3.77. The Labute approximate surface area is 113 Å². The van der Waals surface area contributed by atoms with Gasteiger partial charge in [-0.25, -0.2) is 0 Å². The molecule has 2 rings (SSSR count). The predicted molar refractivity (Wildman–Crippen MR) is 73.1 cm³/mol. The molecule has 1 saturated heterocycles. The molecule has 0 N–H and O–H groups in total. The minimum absolute atomic E-state index is 0.573. The third-order valence-corrected chi connectivity index (χ3v) is 12.7. The van der Waals surface area contributed by atoms with Crippen LogP contribution in [0.3, 0.4) is 0 Å². The molecule has 1 nitrogen and oxygen atoms in total. The van der Waals surface area contributed by atoms with E-state index in [2.05, 4.69) is 36.2 Å². The molecule has 2 heteroatoms. The topological polar surface area (TPSA) is 3.24 Å². The molecule has 0 radical (unpaired) electrons. The molecule has 2 aliphatic heterocycles. The summed E-state index contributed by atoms with van der Waals surface area (Å²) in [5.41, 5.74) is 0. The standard InChI is InChI=1S/C14H26N.Tl/c1-6-11(2)13(4)9-15-8-7-12(3)14(5)10-15;/h1,9,11-14H,6-8,10H2,2-5H3;/t11-,12-,13+,14+;/m1./s1. The normalized spacial score (nSPS) is 45.4. The zero-order valence-electron chi connectivity index (χ0n) is 11.3.